The molecular weight excluding hydrogens is 877 g/mol. The second kappa shape index (κ2) is 58.1. The van der Waals surface area contributed by atoms with Crippen LogP contribution in [0.25, 0.3) is 0 Å². The predicted molar refractivity (Wildman–Crippen MR) is 306 cm³/mol. The Morgan fingerprint density at radius 3 is 0.873 bits per heavy atom. The van der Waals surface area contributed by atoms with E-state index in [-0.39, 0.29) is 37.5 Å². The summed E-state index contributed by atoms with van der Waals surface area (Å²) in [5.74, 6) is -0.995. The van der Waals surface area contributed by atoms with Crippen LogP contribution in [0.1, 0.15) is 239 Å². The van der Waals surface area contributed by atoms with Gasteiger partial charge in [0.05, 0.1) is 0 Å². The topological polar surface area (TPSA) is 78.9 Å². The van der Waals surface area contributed by atoms with Crippen LogP contribution in [0, 0.1) is 0 Å². The van der Waals surface area contributed by atoms with Gasteiger partial charge >= 0.3 is 17.9 Å². The maximum atomic E-state index is 12.9. The molecule has 0 aromatic carbocycles. The number of carbonyl (C=O) groups is 3. The van der Waals surface area contributed by atoms with Crippen molar-refractivity contribution in [3.63, 3.8) is 0 Å². The van der Waals surface area contributed by atoms with Crippen LogP contribution in [0.4, 0.5) is 0 Å². The lowest BCUT2D eigenvalue weighted by molar-refractivity contribution is -0.167. The summed E-state index contributed by atoms with van der Waals surface area (Å²) in [7, 11) is 0. The van der Waals surface area contributed by atoms with Crippen molar-refractivity contribution >= 4 is 17.9 Å². The third kappa shape index (κ3) is 56.3. The van der Waals surface area contributed by atoms with Crippen molar-refractivity contribution in [2.45, 2.75) is 245 Å². The largest absolute Gasteiger partial charge is 0.462 e. The highest BCUT2D eigenvalue weighted by atomic mass is 16.6. The first-order valence-electron chi connectivity index (χ1n) is 28.7. The highest BCUT2D eigenvalue weighted by molar-refractivity contribution is 5.71. The minimum absolute atomic E-state index is 0.114. The number of hydrogen-bond acceptors (Lipinski definition) is 6. The van der Waals surface area contributed by atoms with Crippen LogP contribution in [0.3, 0.4) is 0 Å². The van der Waals surface area contributed by atoms with Gasteiger partial charge < -0.3 is 14.2 Å². The highest BCUT2D eigenvalue weighted by Gasteiger charge is 2.19. The highest BCUT2D eigenvalue weighted by Crippen LogP contribution is 2.12. The van der Waals surface area contributed by atoms with Crippen LogP contribution >= 0.6 is 0 Å². The van der Waals surface area contributed by atoms with Crippen molar-refractivity contribution in [2.75, 3.05) is 13.2 Å². The van der Waals surface area contributed by atoms with E-state index in [0.717, 1.165) is 141 Å². The molecule has 0 N–H and O–H groups in total. The Morgan fingerprint density at radius 2 is 0.549 bits per heavy atom. The molecule has 0 aliphatic heterocycles. The van der Waals surface area contributed by atoms with E-state index in [1.165, 1.54) is 51.4 Å². The number of carbonyl (C=O) groups excluding carboxylic acids is 3. The molecule has 0 fully saturated rings. The van der Waals surface area contributed by atoms with E-state index in [9.17, 15) is 14.4 Å². The predicted octanol–water partition coefficient (Wildman–Crippen LogP) is 19.4. The van der Waals surface area contributed by atoms with Gasteiger partial charge in [0.15, 0.2) is 6.10 Å². The summed E-state index contributed by atoms with van der Waals surface area (Å²) in [4.78, 5) is 38.2. The first-order chi connectivity index (χ1) is 35.0. The van der Waals surface area contributed by atoms with Crippen LogP contribution in [0.15, 0.2) is 134 Å². The summed E-state index contributed by atoms with van der Waals surface area (Å²) in [5, 5.41) is 0. The van der Waals surface area contributed by atoms with Gasteiger partial charge in [-0.1, -0.05) is 212 Å². The quantitative estimate of drug-likeness (QED) is 0.0262. The first kappa shape index (κ1) is 66.6. The number of allylic oxidation sites excluding steroid dienone is 22. The van der Waals surface area contributed by atoms with Crippen LogP contribution in [0.5, 0.6) is 0 Å². The van der Waals surface area contributed by atoms with Gasteiger partial charge in [0.1, 0.15) is 13.2 Å². The van der Waals surface area contributed by atoms with Crippen LogP contribution in [-0.2, 0) is 28.6 Å². The molecule has 0 aromatic rings. The lowest BCUT2D eigenvalue weighted by Crippen LogP contribution is -2.30. The van der Waals surface area contributed by atoms with E-state index in [2.05, 4.69) is 154 Å². The van der Waals surface area contributed by atoms with E-state index in [1.54, 1.807) is 0 Å². The lowest BCUT2D eigenvalue weighted by atomic mass is 10.1. The first-order valence-corrected chi connectivity index (χ1v) is 28.7. The van der Waals surface area contributed by atoms with Gasteiger partial charge in [-0.2, -0.15) is 0 Å². The molecule has 1 atom stereocenters. The standard InChI is InChI=1S/C65H104O6/c1-4-7-10-13-16-19-22-25-28-30-32-34-37-40-43-46-49-52-55-58-64(67)70-61-62(60-69-63(66)57-54-51-48-45-42-39-36-27-24-21-18-15-12-9-6-3)71-65(68)59-56-53-50-47-44-41-38-35-33-31-29-26-23-20-17-14-11-8-5-2/h7,10,16-21,25-29,32-36,40-41,43-44,62H,4-6,8-9,11-15,22-24,30-31,37-39,42,45-61H2,1-3H3/b10-7+,19-16+,20-17+,21-18+,28-25+,29-26+,34-32+,35-33+,36-27+,43-40+,44-41+/t62-/m1/s1. The Bertz CT molecular complexity index is 1550. The molecule has 0 saturated heterocycles. The zero-order chi connectivity index (χ0) is 51.4. The monoisotopic (exact) mass is 981 g/mol. The van der Waals surface area contributed by atoms with E-state index < -0.39 is 6.10 Å². The number of unbranched alkanes of at least 4 members (excludes halogenated alkanes) is 17. The number of rotatable bonds is 50. The van der Waals surface area contributed by atoms with Crippen LogP contribution < -0.4 is 0 Å². The Kier molecular flexibility index (Phi) is 54.5. The SMILES string of the molecule is CC/C=C/C/C=C/C/C=C/C/C=C/C/C=C/CCCCCC(=O)OC[C@@H](COC(=O)CCCCCCC/C=C/C/C=C/CCCCC)OC(=O)CCCCC/C=C/C/C=C/C/C=C/C/C=C/CCCCC. The van der Waals surface area contributed by atoms with Gasteiger partial charge in [0.2, 0.25) is 0 Å². The summed E-state index contributed by atoms with van der Waals surface area (Å²) in [6, 6.07) is 0. The number of hydrogen-bond donors (Lipinski definition) is 0. The van der Waals surface area contributed by atoms with Gasteiger partial charge in [-0.15, -0.1) is 0 Å². The average Bonchev–Trinajstić information content (AvgIpc) is 3.37. The van der Waals surface area contributed by atoms with Crippen molar-refractivity contribution in [3.8, 4) is 0 Å². The molecule has 0 amide bonds. The Balaban J connectivity index is 4.56. The third-order valence-corrected chi connectivity index (χ3v) is 11.6. The normalized spacial score (nSPS) is 13.1. The van der Waals surface area contributed by atoms with Crippen molar-refractivity contribution in [1.29, 1.82) is 0 Å². The lowest BCUT2D eigenvalue weighted by Gasteiger charge is -2.18. The summed E-state index contributed by atoms with van der Waals surface area (Å²) >= 11 is 0. The second-order valence-corrected chi connectivity index (χ2v) is 18.5. The molecule has 0 radical (unpaired) electrons. The fourth-order valence-corrected chi connectivity index (χ4v) is 7.30. The molecule has 71 heavy (non-hydrogen) atoms. The van der Waals surface area contributed by atoms with Crippen LogP contribution in [-0.4, -0.2) is 37.2 Å². The molecule has 0 aliphatic rings. The fraction of sp³-hybridized carbons (Fsp3) is 0.615. The average molecular weight is 982 g/mol. The van der Waals surface area contributed by atoms with Gasteiger partial charge in [-0.05, 0) is 141 Å². The minimum Gasteiger partial charge on any atom is -0.462 e. The van der Waals surface area contributed by atoms with Gasteiger partial charge in [-0.3, -0.25) is 14.4 Å². The molecule has 0 rings (SSSR count). The van der Waals surface area contributed by atoms with Gasteiger partial charge in [0.25, 0.3) is 0 Å². The summed E-state index contributed by atoms with van der Waals surface area (Å²) in [5.41, 5.74) is 0. The molecule has 0 aliphatic carbocycles. The molecule has 6 heteroatoms. The minimum atomic E-state index is -0.820. The van der Waals surface area contributed by atoms with Gasteiger partial charge in [0, 0.05) is 19.3 Å². The zero-order valence-electron chi connectivity index (χ0n) is 45.7. The van der Waals surface area contributed by atoms with Crippen molar-refractivity contribution < 1.29 is 28.6 Å². The molecule has 0 saturated carbocycles. The third-order valence-electron chi connectivity index (χ3n) is 11.6. The van der Waals surface area contributed by atoms with E-state index in [0.29, 0.717) is 19.3 Å². The summed E-state index contributed by atoms with van der Waals surface area (Å²) in [6.45, 7) is 6.39. The smallest absolute Gasteiger partial charge is 0.306 e. The molecule has 0 spiro atoms. The Morgan fingerprint density at radius 1 is 0.296 bits per heavy atom. The Hall–Kier alpha value is -4.45. The molecule has 0 unspecified atom stereocenters. The number of esters is 3. The summed E-state index contributed by atoms with van der Waals surface area (Å²) < 4.78 is 16.8. The van der Waals surface area contributed by atoms with Crippen molar-refractivity contribution in [2.24, 2.45) is 0 Å². The maximum Gasteiger partial charge on any atom is 0.306 e. The second-order valence-electron chi connectivity index (χ2n) is 18.5. The van der Waals surface area contributed by atoms with E-state index in [4.69, 9.17) is 14.2 Å². The molecule has 6 nitrogen and oxygen atoms in total. The van der Waals surface area contributed by atoms with E-state index in [1.807, 2.05) is 0 Å². The van der Waals surface area contributed by atoms with Crippen molar-refractivity contribution in [1.82, 2.24) is 0 Å². The van der Waals surface area contributed by atoms with Crippen molar-refractivity contribution in [3.05, 3.63) is 134 Å². The number of ether oxygens (including phenoxy) is 3. The van der Waals surface area contributed by atoms with Gasteiger partial charge in [-0.25, -0.2) is 0 Å². The van der Waals surface area contributed by atoms with E-state index >= 15 is 0 Å². The molecule has 0 aromatic heterocycles. The summed E-state index contributed by atoms with van der Waals surface area (Å²) in [6.07, 6.45) is 81.5. The molecule has 400 valence electrons. The van der Waals surface area contributed by atoms with Crippen LogP contribution in [0.2, 0.25) is 0 Å². The molecular formula is C65H104O6. The fourth-order valence-electron chi connectivity index (χ4n) is 7.30. The maximum absolute atomic E-state index is 12.9. The molecule has 0 bridgehead atoms. The molecule has 0 heterocycles. The zero-order valence-corrected chi connectivity index (χ0v) is 45.7. The Labute approximate surface area is 436 Å².